The van der Waals surface area contributed by atoms with Crippen LogP contribution in [0.2, 0.25) is 0 Å². The number of fused-ring (bicyclic) bond motifs is 2. The molecule has 0 saturated heterocycles. The molecule has 1 aromatic heterocycles. The highest BCUT2D eigenvalue weighted by atomic mass is 15.5. The normalized spacial score (nSPS) is 12.7. The van der Waals surface area contributed by atoms with Crippen LogP contribution in [0.25, 0.3) is 11.0 Å². The van der Waals surface area contributed by atoms with E-state index >= 15 is 0 Å². The van der Waals surface area contributed by atoms with Crippen LogP contribution in [0.3, 0.4) is 0 Å². The van der Waals surface area contributed by atoms with E-state index < -0.39 is 0 Å². The van der Waals surface area contributed by atoms with Gasteiger partial charge in [-0.15, -0.1) is 15.6 Å². The van der Waals surface area contributed by atoms with Crippen molar-refractivity contribution < 1.29 is 4.70 Å². The van der Waals surface area contributed by atoms with Crippen molar-refractivity contribution in [3.05, 3.63) is 48.5 Å². The van der Waals surface area contributed by atoms with Crippen molar-refractivity contribution in [2.75, 3.05) is 0 Å². The highest BCUT2D eigenvalue weighted by Gasteiger charge is 2.30. The number of aromatic nitrogens is 3. The number of nitrogens with one attached hydrogen (secondary N) is 1. The number of benzene rings is 2. The number of hydrogen-bond acceptors (Lipinski definition) is 4. The fourth-order valence-electron chi connectivity index (χ4n) is 2.12. The summed E-state index contributed by atoms with van der Waals surface area (Å²) in [5.74, 6) is 0.174. The van der Waals surface area contributed by atoms with Crippen molar-refractivity contribution in [1.82, 2.24) is 15.0 Å². The predicted octanol–water partition coefficient (Wildman–Crippen LogP) is 2.66. The van der Waals surface area contributed by atoms with Crippen LogP contribution in [-0.4, -0.2) is 25.7 Å². The third-order valence-corrected chi connectivity index (χ3v) is 3.07. The Morgan fingerprint density at radius 1 is 1.05 bits per heavy atom. The van der Waals surface area contributed by atoms with Crippen molar-refractivity contribution in [3.8, 4) is 0 Å². The molecule has 0 radical (unpaired) electrons. The van der Waals surface area contributed by atoms with Gasteiger partial charge >= 0.3 is 5.96 Å². The molecule has 2 heterocycles. The van der Waals surface area contributed by atoms with Crippen LogP contribution < -0.4 is 0 Å². The standard InChI is InChI=1S/C13H9N6/c14-13(18-12-8-4-2-6-10(12)16-18)19-11-7-3-1-5-9(11)15-17-19/h1-8,14H/q+1. The lowest BCUT2D eigenvalue weighted by atomic mass is 10.2. The van der Waals surface area contributed by atoms with Crippen molar-refractivity contribution in [1.29, 1.82) is 5.41 Å². The maximum absolute atomic E-state index is 8.21. The molecule has 6 heteroatoms. The van der Waals surface area contributed by atoms with Gasteiger partial charge in [0.15, 0.2) is 11.2 Å². The Balaban J connectivity index is 1.81. The van der Waals surface area contributed by atoms with Gasteiger partial charge < -0.3 is 0 Å². The number of rotatable bonds is 0. The molecule has 0 fully saturated rings. The van der Waals surface area contributed by atoms with Gasteiger partial charge in [0.2, 0.25) is 0 Å². The lowest BCUT2D eigenvalue weighted by Gasteiger charge is -2.13. The fourth-order valence-corrected chi connectivity index (χ4v) is 2.12. The molecule has 0 aliphatic carbocycles. The number of nitrogens with zero attached hydrogens (tertiary/aromatic N) is 5. The number of azo groups is 2. The first-order chi connectivity index (χ1) is 9.34. The van der Waals surface area contributed by atoms with Gasteiger partial charge in [-0.05, 0) is 24.3 Å². The maximum Gasteiger partial charge on any atom is 0.441 e. The summed E-state index contributed by atoms with van der Waals surface area (Å²) in [6.45, 7) is 0. The van der Waals surface area contributed by atoms with Crippen LogP contribution in [-0.2, 0) is 0 Å². The minimum Gasteiger partial charge on any atom is -0.125 e. The fraction of sp³-hybridized carbons (Fsp3) is 0. The predicted molar refractivity (Wildman–Crippen MR) is 69.1 cm³/mol. The monoisotopic (exact) mass is 249 g/mol. The topological polar surface area (TPSA) is 69.9 Å². The largest absolute Gasteiger partial charge is 0.441 e. The molecule has 0 bridgehead atoms. The average Bonchev–Trinajstić information content (AvgIpc) is 2.84. The zero-order chi connectivity index (χ0) is 12.8. The lowest BCUT2D eigenvalue weighted by molar-refractivity contribution is -0.411. The Kier molecular flexibility index (Phi) is 1.88. The molecule has 0 spiro atoms. The van der Waals surface area contributed by atoms with E-state index in [1.165, 1.54) is 4.68 Å². The van der Waals surface area contributed by atoms with E-state index in [0.29, 0.717) is 0 Å². The molecule has 2 aromatic carbocycles. The van der Waals surface area contributed by atoms with Crippen LogP contribution in [0.4, 0.5) is 11.4 Å². The van der Waals surface area contributed by atoms with Gasteiger partial charge in [-0.25, -0.2) is 0 Å². The molecule has 3 aromatic rings. The molecule has 1 N–H and O–H groups in total. The van der Waals surface area contributed by atoms with Gasteiger partial charge in [-0.3, -0.25) is 0 Å². The summed E-state index contributed by atoms with van der Waals surface area (Å²) in [5, 5.41) is 20.5. The quantitative estimate of drug-likeness (QED) is 0.378. The van der Waals surface area contributed by atoms with E-state index in [4.69, 9.17) is 5.41 Å². The van der Waals surface area contributed by atoms with Gasteiger partial charge in [0.1, 0.15) is 11.2 Å². The Bertz CT molecular complexity index is 845. The first-order valence-corrected chi connectivity index (χ1v) is 5.85. The summed E-state index contributed by atoms with van der Waals surface area (Å²) in [5.41, 5.74) is 3.36. The molecule has 6 nitrogen and oxygen atoms in total. The maximum atomic E-state index is 8.21. The third-order valence-electron chi connectivity index (χ3n) is 3.07. The summed E-state index contributed by atoms with van der Waals surface area (Å²) in [6, 6.07) is 15.2. The van der Waals surface area contributed by atoms with E-state index in [1.807, 2.05) is 48.5 Å². The summed E-state index contributed by atoms with van der Waals surface area (Å²) in [7, 11) is 0. The molecule has 1 aliphatic heterocycles. The minimum atomic E-state index is 0.174. The molecule has 4 rings (SSSR count). The van der Waals surface area contributed by atoms with Crippen molar-refractivity contribution in [3.63, 3.8) is 0 Å². The third kappa shape index (κ3) is 1.33. The molecule has 19 heavy (non-hydrogen) atoms. The van der Waals surface area contributed by atoms with E-state index in [-0.39, 0.29) is 5.96 Å². The van der Waals surface area contributed by atoms with E-state index in [9.17, 15) is 0 Å². The van der Waals surface area contributed by atoms with Crippen molar-refractivity contribution in [2.45, 2.75) is 0 Å². The van der Waals surface area contributed by atoms with Crippen LogP contribution >= 0.6 is 0 Å². The molecular weight excluding hydrogens is 240 g/mol. The van der Waals surface area contributed by atoms with Crippen molar-refractivity contribution in [2.24, 2.45) is 5.11 Å². The first-order valence-electron chi connectivity index (χ1n) is 5.85. The number of hydrogen-bond donors (Lipinski definition) is 1. The van der Waals surface area contributed by atoms with Crippen LogP contribution in [0.15, 0.2) is 53.6 Å². The SMILES string of the molecule is N=C(n1nnc2ccccc21)[N+]1=Nc2ccccc21. The Hall–Kier alpha value is -2.89. The molecular formula is C13H9N6+. The molecule has 0 unspecified atom stereocenters. The highest BCUT2D eigenvalue weighted by Crippen LogP contribution is 2.36. The van der Waals surface area contributed by atoms with E-state index in [2.05, 4.69) is 15.4 Å². The summed E-state index contributed by atoms with van der Waals surface area (Å²) in [6.07, 6.45) is 0. The highest BCUT2D eigenvalue weighted by molar-refractivity contribution is 5.86. The van der Waals surface area contributed by atoms with Gasteiger partial charge in [-0.1, -0.05) is 33.6 Å². The zero-order valence-corrected chi connectivity index (χ0v) is 9.85. The smallest absolute Gasteiger partial charge is 0.125 e. The second-order valence-corrected chi connectivity index (χ2v) is 4.21. The molecule has 0 amide bonds. The Labute approximate surface area is 108 Å². The van der Waals surface area contributed by atoms with Gasteiger partial charge in [0.05, 0.1) is 0 Å². The number of para-hydroxylation sites is 2. The Morgan fingerprint density at radius 2 is 1.84 bits per heavy atom. The van der Waals surface area contributed by atoms with Crippen LogP contribution in [0.5, 0.6) is 0 Å². The summed E-state index contributed by atoms with van der Waals surface area (Å²) in [4.78, 5) is 0. The van der Waals surface area contributed by atoms with E-state index in [1.54, 1.807) is 4.70 Å². The van der Waals surface area contributed by atoms with Gasteiger partial charge in [0, 0.05) is 5.21 Å². The van der Waals surface area contributed by atoms with Crippen molar-refractivity contribution >= 4 is 28.4 Å². The first kappa shape index (κ1) is 10.1. The van der Waals surface area contributed by atoms with Crippen LogP contribution in [0.1, 0.15) is 0 Å². The van der Waals surface area contributed by atoms with Gasteiger partial charge in [0.25, 0.3) is 0 Å². The minimum absolute atomic E-state index is 0.174. The average molecular weight is 249 g/mol. The van der Waals surface area contributed by atoms with E-state index in [0.717, 1.165) is 22.4 Å². The zero-order valence-electron chi connectivity index (χ0n) is 9.85. The second-order valence-electron chi connectivity index (χ2n) is 4.21. The molecule has 1 aliphatic rings. The summed E-state index contributed by atoms with van der Waals surface area (Å²) < 4.78 is 3.03. The van der Waals surface area contributed by atoms with Crippen LogP contribution in [0, 0.1) is 5.41 Å². The Morgan fingerprint density at radius 3 is 2.74 bits per heavy atom. The van der Waals surface area contributed by atoms with Gasteiger partial charge in [-0.2, -0.15) is 0 Å². The lowest BCUT2D eigenvalue weighted by Crippen LogP contribution is -2.26. The molecule has 90 valence electrons. The summed E-state index contributed by atoms with van der Waals surface area (Å²) >= 11 is 0. The molecule has 0 saturated carbocycles. The second kappa shape index (κ2) is 3.55. The molecule has 0 atom stereocenters.